The highest BCUT2D eigenvalue weighted by Gasteiger charge is 2.23. The number of para-hydroxylation sites is 1. The minimum atomic E-state index is -4.22. The van der Waals surface area contributed by atoms with Crippen molar-refractivity contribution in [2.24, 2.45) is 0 Å². The van der Waals surface area contributed by atoms with Crippen LogP contribution in [0.25, 0.3) is 0 Å². The molecule has 0 saturated heterocycles. The van der Waals surface area contributed by atoms with Crippen LogP contribution in [-0.2, 0) is 16.6 Å². The molecular formula is C14H13F2NO3S. The van der Waals surface area contributed by atoms with Gasteiger partial charge in [0.1, 0.15) is 10.7 Å². The molecule has 0 aliphatic carbocycles. The minimum absolute atomic E-state index is 0.298. The zero-order valence-electron chi connectivity index (χ0n) is 11.1. The Morgan fingerprint density at radius 1 is 1.14 bits per heavy atom. The molecule has 0 saturated carbocycles. The molecule has 112 valence electrons. The van der Waals surface area contributed by atoms with E-state index in [9.17, 15) is 17.2 Å². The topological polar surface area (TPSA) is 66.4 Å². The number of hydrogen-bond acceptors (Lipinski definition) is 3. The van der Waals surface area contributed by atoms with Gasteiger partial charge in [0.05, 0.1) is 17.9 Å². The molecule has 21 heavy (non-hydrogen) atoms. The van der Waals surface area contributed by atoms with Gasteiger partial charge in [0.25, 0.3) is 10.0 Å². The Labute approximate surface area is 121 Å². The molecule has 0 aliphatic heterocycles. The molecule has 0 radical (unpaired) electrons. The number of halogens is 2. The molecule has 0 aliphatic rings. The maximum atomic E-state index is 14.0. The van der Waals surface area contributed by atoms with Crippen LogP contribution in [0.5, 0.6) is 0 Å². The Kier molecular flexibility index (Phi) is 4.24. The van der Waals surface area contributed by atoms with Crippen molar-refractivity contribution < 1.29 is 22.3 Å². The van der Waals surface area contributed by atoms with Crippen molar-refractivity contribution >= 4 is 15.7 Å². The van der Waals surface area contributed by atoms with Crippen LogP contribution in [0.3, 0.4) is 0 Å². The molecule has 0 amide bonds. The smallest absolute Gasteiger partial charge is 0.264 e. The summed E-state index contributed by atoms with van der Waals surface area (Å²) < 4.78 is 53.9. The van der Waals surface area contributed by atoms with Crippen molar-refractivity contribution in [3.05, 3.63) is 59.2 Å². The number of anilines is 1. The number of aryl methyl sites for hydroxylation is 1. The number of aliphatic hydroxyl groups excluding tert-OH is 1. The van der Waals surface area contributed by atoms with Crippen LogP contribution in [0.1, 0.15) is 11.1 Å². The average molecular weight is 313 g/mol. The zero-order valence-corrected chi connectivity index (χ0v) is 11.9. The number of rotatable bonds is 4. The van der Waals surface area contributed by atoms with Gasteiger partial charge in [-0.1, -0.05) is 18.2 Å². The SMILES string of the molecule is Cc1ccccc1NS(=O)(=O)c1ccc(F)c(CO)c1F. The van der Waals surface area contributed by atoms with E-state index in [2.05, 4.69) is 4.72 Å². The Balaban J connectivity index is 2.48. The van der Waals surface area contributed by atoms with Crippen molar-refractivity contribution in [3.8, 4) is 0 Å². The third-order valence-electron chi connectivity index (χ3n) is 2.99. The molecule has 4 nitrogen and oxygen atoms in total. The quantitative estimate of drug-likeness (QED) is 0.911. The second kappa shape index (κ2) is 5.79. The highest BCUT2D eigenvalue weighted by atomic mass is 32.2. The number of aliphatic hydroxyl groups is 1. The van der Waals surface area contributed by atoms with Crippen LogP contribution in [-0.4, -0.2) is 13.5 Å². The van der Waals surface area contributed by atoms with Crippen LogP contribution >= 0.6 is 0 Å². The summed E-state index contributed by atoms with van der Waals surface area (Å²) >= 11 is 0. The zero-order chi connectivity index (χ0) is 15.6. The van der Waals surface area contributed by atoms with Gasteiger partial charge < -0.3 is 5.11 Å². The first-order valence-electron chi connectivity index (χ1n) is 6.03. The molecule has 0 spiro atoms. The Bertz CT molecular complexity index is 776. The van der Waals surface area contributed by atoms with Gasteiger partial charge in [-0.25, -0.2) is 17.2 Å². The van der Waals surface area contributed by atoms with Gasteiger partial charge >= 0.3 is 0 Å². The molecule has 7 heteroatoms. The molecule has 0 unspecified atom stereocenters. The van der Waals surface area contributed by atoms with Gasteiger partial charge in [-0.2, -0.15) is 0 Å². The van der Waals surface area contributed by atoms with Crippen LogP contribution in [0.15, 0.2) is 41.3 Å². The first-order valence-corrected chi connectivity index (χ1v) is 7.51. The largest absolute Gasteiger partial charge is 0.391 e. The Hall–Kier alpha value is -1.99. The van der Waals surface area contributed by atoms with Crippen LogP contribution in [0, 0.1) is 18.6 Å². The molecular weight excluding hydrogens is 300 g/mol. The molecule has 2 aromatic carbocycles. The normalized spacial score (nSPS) is 11.4. The lowest BCUT2D eigenvalue weighted by Crippen LogP contribution is -2.16. The average Bonchev–Trinajstić information content (AvgIpc) is 2.41. The van der Waals surface area contributed by atoms with Crippen molar-refractivity contribution in [3.63, 3.8) is 0 Å². The summed E-state index contributed by atoms with van der Waals surface area (Å²) in [6.45, 7) is 0.767. The van der Waals surface area contributed by atoms with E-state index in [1.165, 1.54) is 6.07 Å². The van der Waals surface area contributed by atoms with Gasteiger partial charge in [0, 0.05) is 0 Å². The Morgan fingerprint density at radius 3 is 2.43 bits per heavy atom. The summed E-state index contributed by atoms with van der Waals surface area (Å²) in [5.74, 6) is -2.29. The lowest BCUT2D eigenvalue weighted by Gasteiger charge is -2.12. The second-order valence-electron chi connectivity index (χ2n) is 4.42. The maximum absolute atomic E-state index is 14.0. The Morgan fingerprint density at radius 2 is 1.81 bits per heavy atom. The summed E-state index contributed by atoms with van der Waals surface area (Å²) in [6, 6.07) is 8.21. The van der Waals surface area contributed by atoms with Crippen LogP contribution in [0.2, 0.25) is 0 Å². The molecule has 0 bridgehead atoms. The van der Waals surface area contributed by atoms with E-state index >= 15 is 0 Å². The van der Waals surface area contributed by atoms with Crippen molar-refractivity contribution in [1.82, 2.24) is 0 Å². The summed E-state index contributed by atoms with van der Waals surface area (Å²) in [6.07, 6.45) is 0. The van der Waals surface area contributed by atoms with Crippen LogP contribution in [0.4, 0.5) is 14.5 Å². The van der Waals surface area contributed by atoms with E-state index in [-0.39, 0.29) is 0 Å². The first-order chi connectivity index (χ1) is 9.86. The lowest BCUT2D eigenvalue weighted by atomic mass is 10.2. The van der Waals surface area contributed by atoms with E-state index in [4.69, 9.17) is 5.11 Å². The molecule has 0 heterocycles. The van der Waals surface area contributed by atoms with Crippen molar-refractivity contribution in [2.75, 3.05) is 4.72 Å². The fraction of sp³-hybridized carbons (Fsp3) is 0.143. The van der Waals surface area contributed by atoms with E-state index in [1.54, 1.807) is 25.1 Å². The molecule has 0 atom stereocenters. The molecule has 2 aromatic rings. The molecule has 2 N–H and O–H groups in total. The maximum Gasteiger partial charge on any atom is 0.264 e. The summed E-state index contributed by atoms with van der Waals surface area (Å²) in [7, 11) is -4.22. The third-order valence-corrected chi connectivity index (χ3v) is 4.37. The predicted octanol–water partition coefficient (Wildman–Crippen LogP) is 2.57. The van der Waals surface area contributed by atoms with Gasteiger partial charge in [-0.15, -0.1) is 0 Å². The summed E-state index contributed by atoms with van der Waals surface area (Å²) in [4.78, 5) is -0.712. The molecule has 0 fully saturated rings. The number of hydrogen-bond donors (Lipinski definition) is 2. The minimum Gasteiger partial charge on any atom is -0.391 e. The summed E-state index contributed by atoms with van der Waals surface area (Å²) in [5, 5.41) is 8.93. The van der Waals surface area contributed by atoms with Gasteiger partial charge in [0.2, 0.25) is 0 Å². The standard InChI is InChI=1S/C14H13F2NO3S/c1-9-4-2-3-5-12(9)17-21(19,20)13-7-6-11(15)10(8-18)14(13)16/h2-7,17-18H,8H2,1H3. The summed E-state index contributed by atoms with van der Waals surface area (Å²) in [5.41, 5.74) is 0.278. The first kappa shape index (κ1) is 15.4. The van der Waals surface area contributed by atoms with E-state index in [0.717, 1.165) is 12.1 Å². The van der Waals surface area contributed by atoms with E-state index < -0.39 is 38.7 Å². The van der Waals surface area contributed by atoms with Gasteiger partial charge in [-0.3, -0.25) is 4.72 Å². The number of nitrogens with one attached hydrogen (secondary N) is 1. The molecule has 0 aromatic heterocycles. The second-order valence-corrected chi connectivity index (χ2v) is 6.07. The monoisotopic (exact) mass is 313 g/mol. The lowest BCUT2D eigenvalue weighted by molar-refractivity contribution is 0.267. The fourth-order valence-electron chi connectivity index (χ4n) is 1.82. The predicted molar refractivity (Wildman–Crippen MR) is 74.3 cm³/mol. The van der Waals surface area contributed by atoms with Crippen molar-refractivity contribution in [1.29, 1.82) is 0 Å². The highest BCUT2D eigenvalue weighted by molar-refractivity contribution is 7.92. The fourth-order valence-corrected chi connectivity index (χ4v) is 3.05. The van der Waals surface area contributed by atoms with Gasteiger partial charge in [0.15, 0.2) is 5.82 Å². The van der Waals surface area contributed by atoms with E-state index in [1.807, 2.05) is 0 Å². The third kappa shape index (κ3) is 3.03. The highest BCUT2D eigenvalue weighted by Crippen LogP contribution is 2.24. The van der Waals surface area contributed by atoms with E-state index in [0.29, 0.717) is 11.3 Å². The van der Waals surface area contributed by atoms with Crippen molar-refractivity contribution in [2.45, 2.75) is 18.4 Å². The number of benzene rings is 2. The molecule has 2 rings (SSSR count). The van der Waals surface area contributed by atoms with Gasteiger partial charge in [-0.05, 0) is 30.7 Å². The van der Waals surface area contributed by atoms with Crippen LogP contribution < -0.4 is 4.72 Å². The number of sulfonamides is 1.